The number of hydrogen-bond acceptors (Lipinski definition) is 6. The van der Waals surface area contributed by atoms with Crippen LogP contribution < -0.4 is 10.6 Å². The van der Waals surface area contributed by atoms with Gasteiger partial charge in [-0.15, -0.1) is 11.8 Å². The zero-order valence-electron chi connectivity index (χ0n) is 15.9. The van der Waals surface area contributed by atoms with Crippen LogP contribution in [0.1, 0.15) is 41.5 Å². The zero-order chi connectivity index (χ0) is 18.3. The number of hydrogen-bond donors (Lipinski definition) is 0. The fourth-order valence-electron chi connectivity index (χ4n) is 2.41. The molecule has 1 rings (SSSR count). The minimum atomic E-state index is -0.245. The zero-order valence-corrected chi connectivity index (χ0v) is 16.7. The van der Waals surface area contributed by atoms with Crippen molar-refractivity contribution in [2.75, 3.05) is 18.6 Å². The molecule has 0 radical (unpaired) electrons. The number of methoxy groups -OCH3 is 1. The highest BCUT2D eigenvalue weighted by Crippen LogP contribution is 2.17. The molecule has 0 bridgehead atoms. The van der Waals surface area contributed by atoms with Gasteiger partial charge in [0.05, 0.1) is 18.6 Å². The number of rotatable bonds is 10. The summed E-state index contributed by atoms with van der Waals surface area (Å²) in [6.07, 6.45) is 1.95. The second kappa shape index (κ2) is 10.1. The van der Waals surface area contributed by atoms with Gasteiger partial charge in [0, 0.05) is 25.4 Å². The van der Waals surface area contributed by atoms with Crippen molar-refractivity contribution >= 4 is 17.6 Å². The lowest BCUT2D eigenvalue weighted by atomic mass is 10.2. The Morgan fingerprint density at radius 1 is 1.21 bits per heavy atom. The third-order valence-electron chi connectivity index (χ3n) is 3.46. The summed E-state index contributed by atoms with van der Waals surface area (Å²) in [5, 5.41) is 0. The molecule has 1 aromatic rings. The molecule has 6 nitrogen and oxygen atoms in total. The van der Waals surface area contributed by atoms with Gasteiger partial charge in [-0.2, -0.15) is 4.98 Å². The quantitative estimate of drug-likeness (QED) is 0.600. The van der Waals surface area contributed by atoms with E-state index in [-0.39, 0.29) is 29.3 Å². The van der Waals surface area contributed by atoms with E-state index >= 15 is 0 Å². The highest BCUT2D eigenvalue weighted by molar-refractivity contribution is 7.98. The fraction of sp³-hybridized carbons (Fsp3) is 0.765. The first-order valence-corrected chi connectivity index (χ1v) is 9.43. The molecule has 0 aliphatic heterocycles. The molecule has 0 N–H and O–H groups in total. The number of thioether (sulfide) groups is 1. The Hall–Kier alpha value is -1.05. The molecule has 0 aliphatic rings. The van der Waals surface area contributed by atoms with Gasteiger partial charge in [-0.3, -0.25) is 4.57 Å². The Labute approximate surface area is 149 Å². The molecule has 0 saturated carbocycles. The molecule has 7 heteroatoms. The number of nitrogens with zero attached hydrogens (tertiary/aromatic N) is 3. The highest BCUT2D eigenvalue weighted by atomic mass is 32.2. The second-order valence-electron chi connectivity index (χ2n) is 6.48. The van der Waals surface area contributed by atoms with E-state index < -0.39 is 0 Å². The van der Waals surface area contributed by atoms with Gasteiger partial charge in [0.1, 0.15) is 11.3 Å². The average molecular weight is 358 g/mol. The molecule has 0 unspecified atom stereocenters. The lowest BCUT2D eigenvalue weighted by Gasteiger charge is -2.31. The van der Waals surface area contributed by atoms with E-state index in [0.29, 0.717) is 12.5 Å². The Morgan fingerprint density at radius 3 is 2.29 bits per heavy atom. The molecular weight excluding hydrogens is 326 g/mol. The second-order valence-corrected chi connectivity index (χ2v) is 7.59. The molecule has 0 fully saturated rings. The average Bonchev–Trinajstić information content (AvgIpc) is 2.48. The number of anilines is 1. The van der Waals surface area contributed by atoms with Crippen molar-refractivity contribution in [1.82, 2.24) is 9.55 Å². The van der Waals surface area contributed by atoms with Gasteiger partial charge < -0.3 is 14.4 Å². The molecule has 0 saturated heterocycles. The van der Waals surface area contributed by atoms with Gasteiger partial charge in [0.2, 0.25) is 0 Å². The Kier molecular flexibility index (Phi) is 8.80. The van der Waals surface area contributed by atoms with Crippen LogP contribution >= 0.6 is 11.8 Å². The Balaban J connectivity index is 2.76. The summed E-state index contributed by atoms with van der Waals surface area (Å²) in [4.78, 5) is 18.7. The van der Waals surface area contributed by atoms with Crippen LogP contribution in [0.15, 0.2) is 17.1 Å². The molecule has 1 heterocycles. The molecule has 1 atom stereocenters. The molecule has 0 aromatic carbocycles. The Bertz CT molecular complexity index is 538. The van der Waals surface area contributed by atoms with E-state index in [2.05, 4.69) is 37.6 Å². The summed E-state index contributed by atoms with van der Waals surface area (Å²) in [5.41, 5.74) is -0.354. The van der Waals surface area contributed by atoms with Crippen molar-refractivity contribution in [2.45, 2.75) is 71.0 Å². The van der Waals surface area contributed by atoms with E-state index in [1.807, 2.05) is 19.9 Å². The maximum atomic E-state index is 12.3. The van der Waals surface area contributed by atoms with E-state index in [1.54, 1.807) is 17.9 Å². The predicted molar refractivity (Wildman–Crippen MR) is 101 cm³/mol. The molecule has 0 aliphatic carbocycles. The molecule has 138 valence electrons. The van der Waals surface area contributed by atoms with Gasteiger partial charge in [-0.25, -0.2) is 4.79 Å². The fourth-order valence-corrected chi connectivity index (χ4v) is 3.24. The Morgan fingerprint density at radius 2 is 1.83 bits per heavy atom. The van der Waals surface area contributed by atoms with Gasteiger partial charge >= 0.3 is 5.69 Å². The van der Waals surface area contributed by atoms with Crippen LogP contribution in [-0.4, -0.2) is 46.9 Å². The van der Waals surface area contributed by atoms with Crippen molar-refractivity contribution in [3.05, 3.63) is 22.7 Å². The summed E-state index contributed by atoms with van der Waals surface area (Å²) in [6, 6.07) is 2.47. The molecule has 1 aromatic heterocycles. The molecule has 24 heavy (non-hydrogen) atoms. The third-order valence-corrected chi connectivity index (χ3v) is 4.59. The first kappa shape index (κ1) is 21.0. The van der Waals surface area contributed by atoms with Gasteiger partial charge in [-0.1, -0.05) is 0 Å². The summed E-state index contributed by atoms with van der Waals surface area (Å²) in [5.74, 6) is 1.20. The minimum absolute atomic E-state index is 0.109. The van der Waals surface area contributed by atoms with E-state index in [4.69, 9.17) is 9.47 Å². The number of aromatic nitrogens is 2. The van der Waals surface area contributed by atoms with Gasteiger partial charge in [0.25, 0.3) is 0 Å². The molecular formula is C17H31N3O3S. The van der Waals surface area contributed by atoms with Crippen LogP contribution in [0.25, 0.3) is 0 Å². The van der Waals surface area contributed by atoms with Gasteiger partial charge in [-0.05, 0) is 47.6 Å². The van der Waals surface area contributed by atoms with E-state index in [9.17, 15) is 4.79 Å². The summed E-state index contributed by atoms with van der Waals surface area (Å²) in [6.45, 7) is 12.9. The standard InChI is InChI=1S/C17H31N3O3S/c1-12(2)20(13(3)4)15-8-9-19(17(21)18-15)11-24-16(22-7)10-23-14(5)6/h8-9,12-14,16H,10-11H2,1-7H3/t16-/m0/s1. The van der Waals surface area contributed by atoms with Crippen LogP contribution in [0.2, 0.25) is 0 Å². The topological polar surface area (TPSA) is 56.6 Å². The highest BCUT2D eigenvalue weighted by Gasteiger charge is 2.17. The summed E-state index contributed by atoms with van der Waals surface area (Å²) >= 11 is 1.52. The van der Waals surface area contributed by atoms with Crippen LogP contribution in [0.5, 0.6) is 0 Å². The third kappa shape index (κ3) is 6.45. The largest absolute Gasteiger partial charge is 0.375 e. The van der Waals surface area contributed by atoms with Crippen molar-refractivity contribution in [3.63, 3.8) is 0 Å². The lowest BCUT2D eigenvalue weighted by Crippen LogP contribution is -2.39. The smallest absolute Gasteiger partial charge is 0.350 e. The molecule has 0 spiro atoms. The monoisotopic (exact) mass is 357 g/mol. The van der Waals surface area contributed by atoms with Crippen molar-refractivity contribution in [2.24, 2.45) is 0 Å². The van der Waals surface area contributed by atoms with E-state index in [1.165, 1.54) is 11.8 Å². The SMILES string of the molecule is CO[C@H](COC(C)C)SCn1ccc(N(C(C)C)C(C)C)nc1=O. The van der Waals surface area contributed by atoms with E-state index in [0.717, 1.165) is 5.82 Å². The summed E-state index contributed by atoms with van der Waals surface area (Å²) in [7, 11) is 1.65. The van der Waals surface area contributed by atoms with Crippen molar-refractivity contribution < 1.29 is 9.47 Å². The summed E-state index contributed by atoms with van der Waals surface area (Å²) < 4.78 is 12.5. The van der Waals surface area contributed by atoms with Crippen molar-refractivity contribution in [1.29, 1.82) is 0 Å². The molecule has 0 amide bonds. The van der Waals surface area contributed by atoms with Crippen LogP contribution in [0.4, 0.5) is 5.82 Å². The minimum Gasteiger partial charge on any atom is -0.375 e. The van der Waals surface area contributed by atoms with Crippen LogP contribution in [0.3, 0.4) is 0 Å². The maximum absolute atomic E-state index is 12.3. The van der Waals surface area contributed by atoms with Gasteiger partial charge in [0.15, 0.2) is 0 Å². The first-order chi connectivity index (χ1) is 11.3. The predicted octanol–water partition coefficient (Wildman–Crippen LogP) is 2.95. The number of ether oxygens (including phenoxy) is 2. The van der Waals surface area contributed by atoms with Crippen LogP contribution in [0, 0.1) is 0 Å². The lowest BCUT2D eigenvalue weighted by molar-refractivity contribution is 0.0212. The maximum Gasteiger partial charge on any atom is 0.350 e. The first-order valence-electron chi connectivity index (χ1n) is 8.38. The van der Waals surface area contributed by atoms with Crippen LogP contribution in [-0.2, 0) is 15.4 Å². The van der Waals surface area contributed by atoms with Crippen molar-refractivity contribution in [3.8, 4) is 0 Å². The normalized spacial score (nSPS) is 13.1.